The van der Waals surface area contributed by atoms with Crippen molar-refractivity contribution >= 4 is 23.7 Å². The van der Waals surface area contributed by atoms with Crippen molar-refractivity contribution in [2.24, 2.45) is 4.99 Å². The summed E-state index contributed by atoms with van der Waals surface area (Å²) in [6.07, 6.45) is 5.14. The molecule has 0 bridgehead atoms. The van der Waals surface area contributed by atoms with E-state index in [0.717, 1.165) is 16.7 Å². The first-order chi connectivity index (χ1) is 10.8. The smallest absolute Gasteiger partial charge is 0.310 e. The summed E-state index contributed by atoms with van der Waals surface area (Å²) >= 11 is 0. The lowest BCUT2D eigenvalue weighted by molar-refractivity contribution is 0.336. The van der Waals surface area contributed by atoms with Gasteiger partial charge < -0.3 is 9.52 Å². The predicted molar refractivity (Wildman–Crippen MR) is 83.9 cm³/mol. The van der Waals surface area contributed by atoms with E-state index < -0.39 is 0 Å². The quantitative estimate of drug-likeness (QED) is 0.780. The van der Waals surface area contributed by atoms with Gasteiger partial charge >= 0.3 is 5.95 Å². The molecule has 1 N–H and O–H groups in total. The highest BCUT2D eigenvalue weighted by molar-refractivity contribution is 6.20. The van der Waals surface area contributed by atoms with Crippen LogP contribution in [0.5, 0.6) is 5.95 Å². The lowest BCUT2D eigenvalue weighted by Gasteiger charge is -1.96. The van der Waals surface area contributed by atoms with Crippen molar-refractivity contribution in [1.82, 2.24) is 9.97 Å². The summed E-state index contributed by atoms with van der Waals surface area (Å²) in [5, 5.41) is 9.97. The summed E-state index contributed by atoms with van der Waals surface area (Å²) < 4.78 is 5.34. The van der Waals surface area contributed by atoms with Gasteiger partial charge in [-0.05, 0) is 30.3 Å². The maximum Gasteiger partial charge on any atom is 0.310 e. The maximum atomic E-state index is 9.97. The van der Waals surface area contributed by atoms with Crippen molar-refractivity contribution < 1.29 is 9.52 Å². The van der Waals surface area contributed by atoms with Crippen molar-refractivity contribution in [3.8, 4) is 17.4 Å². The molecule has 1 aliphatic rings. The minimum atomic E-state index is -0.211. The molecular formula is C17H11N3O2. The number of allylic oxidation sites excluding steroid dienone is 1. The van der Waals surface area contributed by atoms with E-state index in [4.69, 9.17) is 4.42 Å². The predicted octanol–water partition coefficient (Wildman–Crippen LogP) is 3.70. The van der Waals surface area contributed by atoms with E-state index in [9.17, 15) is 5.11 Å². The van der Waals surface area contributed by atoms with Gasteiger partial charge in [-0.25, -0.2) is 15.0 Å². The van der Waals surface area contributed by atoms with Gasteiger partial charge in [-0.3, -0.25) is 0 Å². The van der Waals surface area contributed by atoms with E-state index in [-0.39, 0.29) is 5.95 Å². The van der Waals surface area contributed by atoms with Gasteiger partial charge in [-0.1, -0.05) is 18.2 Å². The molecular weight excluding hydrogens is 278 g/mol. The van der Waals surface area contributed by atoms with E-state index in [1.807, 2.05) is 42.5 Å². The Morgan fingerprint density at radius 1 is 1.05 bits per heavy atom. The van der Waals surface area contributed by atoms with Gasteiger partial charge in [-0.2, -0.15) is 0 Å². The summed E-state index contributed by atoms with van der Waals surface area (Å²) in [7, 11) is 0. The van der Waals surface area contributed by atoms with Crippen molar-refractivity contribution in [2.75, 3.05) is 0 Å². The lowest BCUT2D eigenvalue weighted by atomic mass is 10.1. The molecule has 5 heteroatoms. The van der Waals surface area contributed by atoms with E-state index in [1.165, 1.54) is 0 Å². The van der Waals surface area contributed by atoms with Crippen LogP contribution in [0.4, 0.5) is 5.82 Å². The molecule has 3 heterocycles. The second-order valence-corrected chi connectivity index (χ2v) is 4.81. The van der Waals surface area contributed by atoms with Crippen LogP contribution in [0.25, 0.3) is 23.1 Å². The van der Waals surface area contributed by atoms with Crippen LogP contribution >= 0.6 is 0 Å². The number of oxazole rings is 1. The molecule has 22 heavy (non-hydrogen) atoms. The van der Waals surface area contributed by atoms with Crippen molar-refractivity contribution in [3.63, 3.8) is 0 Å². The highest BCUT2D eigenvalue weighted by Crippen LogP contribution is 2.33. The number of aliphatic imine (C=N–C) groups is 1. The van der Waals surface area contributed by atoms with Crippen LogP contribution in [0.3, 0.4) is 0 Å². The molecule has 2 aromatic heterocycles. The van der Waals surface area contributed by atoms with Crippen molar-refractivity contribution in [3.05, 3.63) is 59.9 Å². The third-order valence-corrected chi connectivity index (χ3v) is 3.37. The van der Waals surface area contributed by atoms with Crippen molar-refractivity contribution in [1.29, 1.82) is 0 Å². The molecule has 0 fully saturated rings. The average Bonchev–Trinajstić information content (AvgIpc) is 3.13. The van der Waals surface area contributed by atoms with E-state index in [1.54, 1.807) is 18.5 Å². The molecule has 0 saturated carbocycles. The van der Waals surface area contributed by atoms with E-state index in [0.29, 0.717) is 17.4 Å². The number of hydrogen-bond donors (Lipinski definition) is 1. The molecule has 0 atom stereocenters. The summed E-state index contributed by atoms with van der Waals surface area (Å²) in [4.78, 5) is 12.7. The zero-order valence-electron chi connectivity index (χ0n) is 11.5. The van der Waals surface area contributed by atoms with Crippen LogP contribution in [-0.4, -0.2) is 21.3 Å². The fourth-order valence-corrected chi connectivity index (χ4v) is 2.31. The van der Waals surface area contributed by atoms with Crippen LogP contribution in [0, 0.1) is 0 Å². The minimum Gasteiger partial charge on any atom is -0.479 e. The number of pyridine rings is 1. The first-order valence-corrected chi connectivity index (χ1v) is 6.77. The number of nitrogens with zero attached hydrogens (tertiary/aromatic N) is 3. The molecule has 0 unspecified atom stereocenters. The monoisotopic (exact) mass is 289 g/mol. The molecule has 0 radical (unpaired) electrons. The van der Waals surface area contributed by atoms with Gasteiger partial charge in [0.15, 0.2) is 5.82 Å². The van der Waals surface area contributed by atoms with Crippen molar-refractivity contribution in [2.45, 2.75) is 0 Å². The Bertz CT molecular complexity index is 895. The van der Waals surface area contributed by atoms with Gasteiger partial charge in [0, 0.05) is 29.1 Å². The summed E-state index contributed by atoms with van der Waals surface area (Å²) in [6, 6.07) is 13.2. The highest BCUT2D eigenvalue weighted by Gasteiger charge is 2.16. The molecule has 4 rings (SSSR count). The first kappa shape index (κ1) is 12.5. The molecule has 0 amide bonds. The highest BCUT2D eigenvalue weighted by atomic mass is 16.5. The van der Waals surface area contributed by atoms with E-state index >= 15 is 0 Å². The van der Waals surface area contributed by atoms with Crippen LogP contribution in [0.2, 0.25) is 0 Å². The SMILES string of the molecule is Oc1oc(-c2ccccc2)nc1/C=C1/C=Nc2ncccc21. The topological polar surface area (TPSA) is 71.5 Å². The Kier molecular flexibility index (Phi) is 2.83. The molecule has 0 saturated heterocycles. The van der Waals surface area contributed by atoms with Crippen LogP contribution in [0.1, 0.15) is 11.3 Å². The summed E-state index contributed by atoms with van der Waals surface area (Å²) in [6.45, 7) is 0. The standard InChI is InChI=1S/C17H11N3O2/c21-17-14(20-16(22-17)11-5-2-1-3-6-11)9-12-10-19-15-13(12)7-4-8-18-15/h1-10,21H/b12-9-. The third-order valence-electron chi connectivity index (χ3n) is 3.37. The largest absolute Gasteiger partial charge is 0.479 e. The van der Waals surface area contributed by atoms with E-state index in [2.05, 4.69) is 15.0 Å². The third kappa shape index (κ3) is 2.09. The minimum absolute atomic E-state index is 0.211. The molecule has 5 nitrogen and oxygen atoms in total. The molecule has 106 valence electrons. The van der Waals surface area contributed by atoms with Gasteiger partial charge in [0.25, 0.3) is 0 Å². The Morgan fingerprint density at radius 2 is 1.91 bits per heavy atom. The summed E-state index contributed by atoms with van der Waals surface area (Å²) in [5.74, 6) is 0.836. The second-order valence-electron chi connectivity index (χ2n) is 4.81. The number of aromatic nitrogens is 2. The number of hydrogen-bond acceptors (Lipinski definition) is 5. The number of rotatable bonds is 2. The Labute approximate surface area is 126 Å². The van der Waals surface area contributed by atoms with Gasteiger partial charge in [-0.15, -0.1) is 0 Å². The normalized spacial score (nSPS) is 14.5. The zero-order chi connectivity index (χ0) is 14.9. The average molecular weight is 289 g/mol. The number of fused-ring (bicyclic) bond motifs is 1. The van der Waals surface area contributed by atoms with Crippen LogP contribution in [-0.2, 0) is 0 Å². The van der Waals surface area contributed by atoms with Gasteiger partial charge in [0.05, 0.1) is 0 Å². The second kappa shape index (κ2) is 4.96. The number of benzene rings is 1. The maximum absolute atomic E-state index is 9.97. The number of aromatic hydroxyl groups is 1. The Hall–Kier alpha value is -3.21. The molecule has 1 aliphatic heterocycles. The van der Waals surface area contributed by atoms with Gasteiger partial charge in [0.1, 0.15) is 5.69 Å². The fraction of sp³-hybridized carbons (Fsp3) is 0. The Morgan fingerprint density at radius 3 is 2.77 bits per heavy atom. The van der Waals surface area contributed by atoms with Crippen LogP contribution in [0.15, 0.2) is 58.1 Å². The Balaban J connectivity index is 1.75. The lowest BCUT2D eigenvalue weighted by Crippen LogP contribution is -1.83. The molecule has 0 aliphatic carbocycles. The fourth-order valence-electron chi connectivity index (χ4n) is 2.31. The molecule has 1 aromatic carbocycles. The molecule has 0 spiro atoms. The summed E-state index contributed by atoms with van der Waals surface area (Å²) in [5.41, 5.74) is 2.93. The van der Waals surface area contributed by atoms with Crippen LogP contribution < -0.4 is 0 Å². The zero-order valence-corrected chi connectivity index (χ0v) is 11.5. The molecule has 3 aromatic rings. The first-order valence-electron chi connectivity index (χ1n) is 6.77. The van der Waals surface area contributed by atoms with Gasteiger partial charge in [0.2, 0.25) is 5.89 Å².